The van der Waals surface area contributed by atoms with Gasteiger partial charge in [0.2, 0.25) is 0 Å². The van der Waals surface area contributed by atoms with Gasteiger partial charge in [-0.2, -0.15) is 0 Å². The second kappa shape index (κ2) is 6.57. The fourth-order valence-corrected chi connectivity index (χ4v) is 2.70. The Labute approximate surface area is 114 Å². The lowest BCUT2D eigenvalue weighted by Crippen LogP contribution is -2.33. The van der Waals surface area contributed by atoms with Gasteiger partial charge in [-0.25, -0.2) is 4.79 Å². The second-order valence-electron chi connectivity index (χ2n) is 5.41. The number of anilines is 1. The average molecular weight is 261 g/mol. The van der Waals surface area contributed by atoms with Gasteiger partial charge >= 0.3 is 6.03 Å². The minimum absolute atomic E-state index is 0.131. The zero-order valence-corrected chi connectivity index (χ0v) is 11.5. The van der Waals surface area contributed by atoms with Crippen molar-refractivity contribution in [2.45, 2.75) is 32.7 Å². The molecule has 1 aliphatic rings. The number of amides is 2. The van der Waals surface area contributed by atoms with E-state index in [1.165, 1.54) is 19.3 Å². The number of hydrogen-bond acceptors (Lipinski definition) is 2. The number of carbonyl (C=O) groups is 1. The minimum atomic E-state index is -0.131. The second-order valence-corrected chi connectivity index (χ2v) is 5.41. The number of rotatable bonds is 4. The number of benzene rings is 1. The molecule has 0 spiro atoms. The van der Waals surface area contributed by atoms with Crippen molar-refractivity contribution in [2.75, 3.05) is 11.9 Å². The molecular weight excluding hydrogens is 238 g/mol. The summed E-state index contributed by atoms with van der Waals surface area (Å²) in [4.78, 5) is 11.8. The van der Waals surface area contributed by atoms with E-state index in [4.69, 9.17) is 5.73 Å². The lowest BCUT2D eigenvalue weighted by molar-refractivity contribution is 0.248. The standard InChI is InChI=1S/C15H23N3O/c1-11-4-2-6-13(11)10-17-15(19)18-14-7-3-5-12(8-14)9-16/h3,5,7-8,11,13H,2,4,6,9-10,16H2,1H3,(H2,17,18,19). The van der Waals surface area contributed by atoms with Gasteiger partial charge < -0.3 is 16.4 Å². The molecule has 1 aromatic carbocycles. The Hall–Kier alpha value is -1.55. The van der Waals surface area contributed by atoms with Crippen molar-refractivity contribution < 1.29 is 4.79 Å². The van der Waals surface area contributed by atoms with Crippen LogP contribution in [-0.2, 0) is 6.54 Å². The Bertz CT molecular complexity index is 433. The molecule has 2 amide bonds. The molecule has 0 aromatic heterocycles. The summed E-state index contributed by atoms with van der Waals surface area (Å²) in [7, 11) is 0. The number of nitrogens with two attached hydrogens (primary N) is 1. The van der Waals surface area contributed by atoms with Crippen molar-refractivity contribution in [3.05, 3.63) is 29.8 Å². The molecule has 0 radical (unpaired) electrons. The first kappa shape index (κ1) is 13.9. The molecule has 4 nitrogen and oxygen atoms in total. The average Bonchev–Trinajstić information content (AvgIpc) is 2.82. The highest BCUT2D eigenvalue weighted by Gasteiger charge is 2.23. The number of urea groups is 1. The summed E-state index contributed by atoms with van der Waals surface area (Å²) in [5, 5.41) is 5.81. The molecule has 0 saturated heterocycles. The zero-order valence-electron chi connectivity index (χ0n) is 11.5. The van der Waals surface area contributed by atoms with Crippen LogP contribution in [0.25, 0.3) is 0 Å². The molecule has 0 aliphatic heterocycles. The quantitative estimate of drug-likeness (QED) is 0.780. The van der Waals surface area contributed by atoms with Crippen molar-refractivity contribution >= 4 is 11.7 Å². The molecule has 4 N–H and O–H groups in total. The molecule has 1 saturated carbocycles. The summed E-state index contributed by atoms with van der Waals surface area (Å²) in [6.45, 7) is 3.52. The fourth-order valence-electron chi connectivity index (χ4n) is 2.70. The first-order valence-electron chi connectivity index (χ1n) is 7.03. The van der Waals surface area contributed by atoms with Gasteiger partial charge in [0.25, 0.3) is 0 Å². The van der Waals surface area contributed by atoms with Gasteiger partial charge in [0.1, 0.15) is 0 Å². The highest BCUT2D eigenvalue weighted by atomic mass is 16.2. The fraction of sp³-hybridized carbons (Fsp3) is 0.533. The van der Waals surface area contributed by atoms with E-state index in [0.29, 0.717) is 12.5 Å². The van der Waals surface area contributed by atoms with Crippen LogP contribution in [0.5, 0.6) is 0 Å². The maximum absolute atomic E-state index is 11.8. The van der Waals surface area contributed by atoms with Crippen LogP contribution in [0.4, 0.5) is 10.5 Å². The van der Waals surface area contributed by atoms with E-state index in [2.05, 4.69) is 17.6 Å². The zero-order chi connectivity index (χ0) is 13.7. The van der Waals surface area contributed by atoms with Crippen LogP contribution in [0.15, 0.2) is 24.3 Å². The molecule has 104 valence electrons. The van der Waals surface area contributed by atoms with Gasteiger partial charge in [-0.1, -0.05) is 31.9 Å². The number of hydrogen-bond donors (Lipinski definition) is 3. The molecule has 4 heteroatoms. The van der Waals surface area contributed by atoms with Gasteiger partial charge in [0, 0.05) is 18.8 Å². The highest BCUT2D eigenvalue weighted by molar-refractivity contribution is 5.89. The molecule has 0 bridgehead atoms. The predicted molar refractivity (Wildman–Crippen MR) is 77.9 cm³/mol. The van der Waals surface area contributed by atoms with Gasteiger partial charge in [0.15, 0.2) is 0 Å². The Balaban J connectivity index is 1.80. The molecule has 19 heavy (non-hydrogen) atoms. The van der Waals surface area contributed by atoms with Crippen molar-refractivity contribution in [2.24, 2.45) is 17.6 Å². The summed E-state index contributed by atoms with van der Waals surface area (Å²) >= 11 is 0. The van der Waals surface area contributed by atoms with Gasteiger partial charge in [-0.3, -0.25) is 0 Å². The maximum Gasteiger partial charge on any atom is 0.319 e. The van der Waals surface area contributed by atoms with Crippen LogP contribution < -0.4 is 16.4 Å². The van der Waals surface area contributed by atoms with E-state index in [1.54, 1.807) is 0 Å². The topological polar surface area (TPSA) is 67.2 Å². The van der Waals surface area contributed by atoms with Crippen LogP contribution in [-0.4, -0.2) is 12.6 Å². The van der Waals surface area contributed by atoms with Crippen LogP contribution in [0.1, 0.15) is 31.7 Å². The SMILES string of the molecule is CC1CCCC1CNC(=O)Nc1cccc(CN)c1. The Morgan fingerprint density at radius 2 is 2.26 bits per heavy atom. The lowest BCUT2D eigenvalue weighted by Gasteiger charge is -2.16. The molecule has 2 unspecified atom stereocenters. The smallest absolute Gasteiger partial charge is 0.319 e. The summed E-state index contributed by atoms with van der Waals surface area (Å²) in [5.74, 6) is 1.35. The Morgan fingerprint density at radius 1 is 1.42 bits per heavy atom. The van der Waals surface area contributed by atoms with Gasteiger partial charge in [-0.05, 0) is 36.0 Å². The van der Waals surface area contributed by atoms with Crippen molar-refractivity contribution in [3.63, 3.8) is 0 Å². The van der Waals surface area contributed by atoms with E-state index in [0.717, 1.165) is 23.7 Å². The first-order chi connectivity index (χ1) is 9.19. The third-order valence-corrected chi connectivity index (χ3v) is 3.98. The van der Waals surface area contributed by atoms with Crippen molar-refractivity contribution in [3.8, 4) is 0 Å². The molecule has 2 rings (SSSR count). The maximum atomic E-state index is 11.8. The van der Waals surface area contributed by atoms with Crippen LogP contribution in [0.2, 0.25) is 0 Å². The summed E-state index contributed by atoms with van der Waals surface area (Å²) in [6.07, 6.45) is 3.80. The van der Waals surface area contributed by atoms with Crippen molar-refractivity contribution in [1.29, 1.82) is 0 Å². The monoisotopic (exact) mass is 261 g/mol. The largest absolute Gasteiger partial charge is 0.338 e. The highest BCUT2D eigenvalue weighted by Crippen LogP contribution is 2.30. The minimum Gasteiger partial charge on any atom is -0.338 e. The van der Waals surface area contributed by atoms with Crippen LogP contribution in [0.3, 0.4) is 0 Å². The lowest BCUT2D eigenvalue weighted by atomic mass is 9.98. The third kappa shape index (κ3) is 3.96. The van der Waals surface area contributed by atoms with E-state index in [-0.39, 0.29) is 6.03 Å². The van der Waals surface area contributed by atoms with Crippen molar-refractivity contribution in [1.82, 2.24) is 5.32 Å². The van der Waals surface area contributed by atoms with Gasteiger partial charge in [0.05, 0.1) is 0 Å². The molecular formula is C15H23N3O. The molecule has 1 fully saturated rings. The summed E-state index contributed by atoms with van der Waals surface area (Å²) in [6, 6.07) is 7.49. The molecule has 0 heterocycles. The Morgan fingerprint density at radius 3 is 2.95 bits per heavy atom. The summed E-state index contributed by atoms with van der Waals surface area (Å²) < 4.78 is 0. The molecule has 1 aliphatic carbocycles. The van der Waals surface area contributed by atoms with E-state index in [9.17, 15) is 4.79 Å². The van der Waals surface area contributed by atoms with Crippen LogP contribution in [0, 0.1) is 11.8 Å². The number of carbonyl (C=O) groups excluding carboxylic acids is 1. The predicted octanol–water partition coefficient (Wildman–Crippen LogP) is 2.70. The third-order valence-electron chi connectivity index (χ3n) is 3.98. The Kier molecular flexibility index (Phi) is 4.80. The van der Waals surface area contributed by atoms with Crippen LogP contribution >= 0.6 is 0 Å². The summed E-state index contributed by atoms with van der Waals surface area (Å²) in [5.41, 5.74) is 7.39. The van der Waals surface area contributed by atoms with E-state index >= 15 is 0 Å². The number of nitrogens with one attached hydrogen (secondary N) is 2. The van der Waals surface area contributed by atoms with E-state index < -0.39 is 0 Å². The normalized spacial score (nSPS) is 22.2. The van der Waals surface area contributed by atoms with Gasteiger partial charge in [-0.15, -0.1) is 0 Å². The molecule has 1 aromatic rings. The van der Waals surface area contributed by atoms with E-state index in [1.807, 2.05) is 24.3 Å². The molecule has 2 atom stereocenters. The first-order valence-corrected chi connectivity index (χ1v) is 7.03.